The van der Waals surface area contributed by atoms with Crippen LogP contribution >= 0.6 is 0 Å². The summed E-state index contributed by atoms with van der Waals surface area (Å²) in [5.74, 6) is -0.0416. The molecule has 6 nitrogen and oxygen atoms in total. The molecule has 0 spiro atoms. The molecule has 0 fully saturated rings. The van der Waals surface area contributed by atoms with Crippen LogP contribution in [0, 0.1) is 0 Å². The molecule has 6 heteroatoms. The van der Waals surface area contributed by atoms with E-state index in [0.29, 0.717) is 25.9 Å². The number of carbonyl (C=O) groups is 2. The third kappa shape index (κ3) is 55.8. The highest BCUT2D eigenvalue weighted by Crippen LogP contribution is 2.18. The minimum atomic E-state index is -0.669. The molecule has 0 saturated carbocycles. The van der Waals surface area contributed by atoms with Gasteiger partial charge in [-0.25, -0.2) is 0 Å². The normalized spacial score (nSPS) is 12.6. The standard InChI is InChI=1S/C63H123NO5/c1-3-5-7-9-11-13-15-17-19-20-21-22-23-24-28-31-35-39-43-47-51-55-61(66)60(59-65)64-62(67)56-52-48-44-40-36-32-29-25-26-30-34-38-42-46-50-54-58-69-63(68)57-53-49-45-41-37-33-27-18-16-14-12-10-8-6-4-2/h18,27,60-61,65-66H,3-17,19-26,28-59H2,1-2H3,(H,64,67)/b27-18-. The first-order valence-electron chi connectivity index (χ1n) is 31.4. The molecule has 2 unspecified atom stereocenters. The predicted molar refractivity (Wildman–Crippen MR) is 301 cm³/mol. The van der Waals surface area contributed by atoms with Crippen molar-refractivity contribution in [3.8, 4) is 0 Å². The summed E-state index contributed by atoms with van der Waals surface area (Å²) in [5, 5.41) is 23.4. The zero-order chi connectivity index (χ0) is 50.0. The van der Waals surface area contributed by atoms with Crippen LogP contribution in [0.25, 0.3) is 0 Å². The van der Waals surface area contributed by atoms with E-state index in [2.05, 4.69) is 31.3 Å². The van der Waals surface area contributed by atoms with Gasteiger partial charge in [-0.1, -0.05) is 302 Å². The molecule has 0 aliphatic carbocycles. The summed E-state index contributed by atoms with van der Waals surface area (Å²) in [6.45, 7) is 4.96. The average molecular weight is 975 g/mol. The van der Waals surface area contributed by atoms with Crippen LogP contribution in [-0.4, -0.2) is 47.4 Å². The minimum Gasteiger partial charge on any atom is -0.466 e. The lowest BCUT2D eigenvalue weighted by Gasteiger charge is -2.22. The summed E-state index contributed by atoms with van der Waals surface area (Å²) < 4.78 is 5.48. The summed E-state index contributed by atoms with van der Waals surface area (Å²) >= 11 is 0. The van der Waals surface area contributed by atoms with E-state index in [4.69, 9.17) is 4.74 Å². The molecule has 410 valence electrons. The van der Waals surface area contributed by atoms with E-state index in [1.807, 2.05) is 0 Å². The van der Waals surface area contributed by atoms with Gasteiger partial charge in [0.15, 0.2) is 0 Å². The molecule has 0 heterocycles. The second-order valence-corrected chi connectivity index (χ2v) is 21.7. The highest BCUT2D eigenvalue weighted by Gasteiger charge is 2.20. The van der Waals surface area contributed by atoms with Gasteiger partial charge in [0, 0.05) is 12.8 Å². The topological polar surface area (TPSA) is 95.9 Å². The number of hydrogen-bond donors (Lipinski definition) is 3. The third-order valence-electron chi connectivity index (χ3n) is 14.8. The van der Waals surface area contributed by atoms with Gasteiger partial charge < -0.3 is 20.3 Å². The van der Waals surface area contributed by atoms with Gasteiger partial charge in [-0.05, 0) is 51.4 Å². The quantitative estimate of drug-likeness (QED) is 0.0321. The van der Waals surface area contributed by atoms with Crippen LogP contribution in [0.5, 0.6) is 0 Å². The van der Waals surface area contributed by atoms with Gasteiger partial charge in [0.1, 0.15) is 0 Å². The zero-order valence-corrected chi connectivity index (χ0v) is 46.8. The van der Waals surface area contributed by atoms with Gasteiger partial charge in [0.05, 0.1) is 25.4 Å². The predicted octanol–water partition coefficient (Wildman–Crippen LogP) is 19.6. The van der Waals surface area contributed by atoms with Crippen LogP contribution in [0.2, 0.25) is 0 Å². The van der Waals surface area contributed by atoms with Crippen LogP contribution in [0.4, 0.5) is 0 Å². The lowest BCUT2D eigenvalue weighted by molar-refractivity contribution is -0.143. The maximum Gasteiger partial charge on any atom is 0.305 e. The number of hydrogen-bond acceptors (Lipinski definition) is 5. The Morgan fingerprint density at radius 1 is 0.391 bits per heavy atom. The summed E-state index contributed by atoms with van der Waals surface area (Å²) in [4.78, 5) is 24.6. The first-order valence-corrected chi connectivity index (χ1v) is 31.4. The molecule has 0 aromatic heterocycles. The van der Waals surface area contributed by atoms with Crippen molar-refractivity contribution in [2.75, 3.05) is 13.2 Å². The second kappa shape index (κ2) is 59.2. The number of aliphatic hydroxyl groups is 2. The van der Waals surface area contributed by atoms with Crippen molar-refractivity contribution in [3.05, 3.63) is 12.2 Å². The first-order chi connectivity index (χ1) is 34.0. The number of carbonyl (C=O) groups excluding carboxylic acids is 2. The van der Waals surface area contributed by atoms with Gasteiger partial charge in [-0.15, -0.1) is 0 Å². The maximum atomic E-state index is 12.5. The fourth-order valence-corrected chi connectivity index (χ4v) is 9.99. The largest absolute Gasteiger partial charge is 0.466 e. The van der Waals surface area contributed by atoms with Crippen molar-refractivity contribution in [1.29, 1.82) is 0 Å². The van der Waals surface area contributed by atoms with Gasteiger partial charge in [0.25, 0.3) is 0 Å². The van der Waals surface area contributed by atoms with Crippen LogP contribution in [0.15, 0.2) is 12.2 Å². The molecule has 0 aliphatic heterocycles. The van der Waals surface area contributed by atoms with Gasteiger partial charge in [-0.3, -0.25) is 9.59 Å². The number of amides is 1. The number of ether oxygens (including phenoxy) is 1. The van der Waals surface area contributed by atoms with Crippen molar-refractivity contribution in [1.82, 2.24) is 5.32 Å². The molecule has 69 heavy (non-hydrogen) atoms. The van der Waals surface area contributed by atoms with E-state index >= 15 is 0 Å². The number of allylic oxidation sites excluding steroid dienone is 2. The molecular weight excluding hydrogens is 851 g/mol. The number of unbranched alkanes of at least 4 members (excludes halogenated alkanes) is 46. The molecule has 0 saturated heterocycles. The maximum absolute atomic E-state index is 12.5. The highest BCUT2D eigenvalue weighted by molar-refractivity contribution is 5.76. The number of nitrogens with one attached hydrogen (secondary N) is 1. The minimum absolute atomic E-state index is 0.00358. The molecule has 0 aliphatic rings. The van der Waals surface area contributed by atoms with Crippen molar-refractivity contribution in [2.24, 2.45) is 0 Å². The third-order valence-corrected chi connectivity index (χ3v) is 14.8. The van der Waals surface area contributed by atoms with E-state index in [-0.39, 0.29) is 18.5 Å². The van der Waals surface area contributed by atoms with Crippen molar-refractivity contribution in [2.45, 2.75) is 366 Å². The molecule has 2 atom stereocenters. The number of rotatable bonds is 59. The zero-order valence-electron chi connectivity index (χ0n) is 46.8. The highest BCUT2D eigenvalue weighted by atomic mass is 16.5. The summed E-state index contributed by atoms with van der Waals surface area (Å²) in [5.41, 5.74) is 0. The Balaban J connectivity index is 3.42. The molecule has 3 N–H and O–H groups in total. The Morgan fingerprint density at radius 2 is 0.681 bits per heavy atom. The van der Waals surface area contributed by atoms with Crippen LogP contribution in [-0.2, 0) is 14.3 Å². The molecule has 0 aromatic rings. The van der Waals surface area contributed by atoms with E-state index in [1.165, 1.54) is 276 Å². The van der Waals surface area contributed by atoms with E-state index in [0.717, 1.165) is 44.9 Å². The van der Waals surface area contributed by atoms with Gasteiger partial charge in [-0.2, -0.15) is 0 Å². The Labute approximate surface area is 431 Å². The Hall–Kier alpha value is -1.40. The summed E-state index contributed by atoms with van der Waals surface area (Å²) in [6, 6.07) is -0.547. The SMILES string of the molecule is CCCCCCCC/C=C\CCCCCCCC(=O)OCCCCCCCCCCCCCCCCCCC(=O)NC(CO)C(O)CCCCCCCCCCCCCCCCCCCCCCC. The van der Waals surface area contributed by atoms with Gasteiger partial charge >= 0.3 is 5.97 Å². The molecule has 1 amide bonds. The molecular formula is C63H123NO5. The Morgan fingerprint density at radius 3 is 1.03 bits per heavy atom. The van der Waals surface area contributed by atoms with E-state index in [1.54, 1.807) is 0 Å². The Bertz CT molecular complexity index is 1030. The van der Waals surface area contributed by atoms with Crippen molar-refractivity contribution in [3.63, 3.8) is 0 Å². The van der Waals surface area contributed by atoms with Gasteiger partial charge in [0.2, 0.25) is 5.91 Å². The summed E-state index contributed by atoms with van der Waals surface area (Å²) in [7, 11) is 0. The molecule has 0 rings (SSSR count). The average Bonchev–Trinajstić information content (AvgIpc) is 3.35. The molecule has 0 aromatic carbocycles. The molecule has 0 radical (unpaired) electrons. The van der Waals surface area contributed by atoms with Crippen LogP contribution in [0.3, 0.4) is 0 Å². The molecule has 0 bridgehead atoms. The van der Waals surface area contributed by atoms with Crippen LogP contribution < -0.4 is 5.32 Å². The fraction of sp³-hybridized carbons (Fsp3) is 0.937. The fourth-order valence-electron chi connectivity index (χ4n) is 9.99. The monoisotopic (exact) mass is 974 g/mol. The number of esters is 1. The lowest BCUT2D eigenvalue weighted by Crippen LogP contribution is -2.45. The second-order valence-electron chi connectivity index (χ2n) is 21.7. The Kier molecular flexibility index (Phi) is 58.0. The number of aliphatic hydroxyl groups excluding tert-OH is 2. The van der Waals surface area contributed by atoms with E-state index in [9.17, 15) is 19.8 Å². The van der Waals surface area contributed by atoms with E-state index < -0.39 is 12.1 Å². The van der Waals surface area contributed by atoms with Crippen molar-refractivity contribution < 1.29 is 24.5 Å². The smallest absolute Gasteiger partial charge is 0.305 e. The van der Waals surface area contributed by atoms with Crippen molar-refractivity contribution >= 4 is 11.9 Å². The van der Waals surface area contributed by atoms with Crippen LogP contribution in [0.1, 0.15) is 354 Å². The summed E-state index contributed by atoms with van der Waals surface area (Å²) in [6.07, 6.45) is 70.7. The lowest BCUT2D eigenvalue weighted by atomic mass is 10.0. The first kappa shape index (κ1) is 67.6.